The molecule has 4 rings (SSSR count). The monoisotopic (exact) mass is 398 g/mol. The summed E-state index contributed by atoms with van der Waals surface area (Å²) in [5, 5.41) is 5.07. The largest absolute Gasteiger partial charge is 0.347 e. The molecule has 1 N–H and O–H groups in total. The summed E-state index contributed by atoms with van der Waals surface area (Å²) in [7, 11) is 2.12. The van der Waals surface area contributed by atoms with Crippen molar-refractivity contribution < 1.29 is 4.79 Å². The minimum Gasteiger partial charge on any atom is -0.347 e. The molecule has 0 fully saturated rings. The van der Waals surface area contributed by atoms with Crippen LogP contribution in [-0.4, -0.2) is 33.3 Å². The number of thiophene rings is 1. The zero-order valence-corrected chi connectivity index (χ0v) is 17.2. The van der Waals surface area contributed by atoms with Crippen LogP contribution in [0.1, 0.15) is 34.6 Å². The van der Waals surface area contributed by atoms with Crippen LogP contribution in [-0.2, 0) is 13.1 Å². The first-order valence-electron chi connectivity index (χ1n) is 8.93. The summed E-state index contributed by atoms with van der Waals surface area (Å²) >= 11 is 3.05. The Morgan fingerprint density at radius 2 is 2.07 bits per heavy atom. The third-order valence-corrected chi connectivity index (χ3v) is 6.60. The van der Waals surface area contributed by atoms with Gasteiger partial charge in [-0.05, 0) is 38.1 Å². The van der Waals surface area contributed by atoms with Crippen LogP contribution in [0.15, 0.2) is 41.9 Å². The van der Waals surface area contributed by atoms with E-state index in [0.29, 0.717) is 17.5 Å². The van der Waals surface area contributed by atoms with Crippen molar-refractivity contribution in [3.8, 4) is 0 Å². The first kappa shape index (κ1) is 18.2. The average Bonchev–Trinajstić information content (AvgIpc) is 3.32. The van der Waals surface area contributed by atoms with Gasteiger partial charge in [0.25, 0.3) is 5.91 Å². The highest BCUT2D eigenvalue weighted by molar-refractivity contribution is 7.21. The molecule has 140 valence electrons. The SMILES string of the molecule is CC(C)N(C)Cc1ccccc1CNC(=O)c1cc2c(nc3sccn32)s1. The van der Waals surface area contributed by atoms with Crippen LogP contribution in [0.4, 0.5) is 0 Å². The van der Waals surface area contributed by atoms with Crippen molar-refractivity contribution in [2.45, 2.75) is 33.0 Å². The van der Waals surface area contributed by atoms with Gasteiger partial charge in [0, 0.05) is 30.7 Å². The van der Waals surface area contributed by atoms with E-state index >= 15 is 0 Å². The number of benzene rings is 1. The standard InChI is InChI=1S/C20H22N4OS2/c1-13(2)23(3)12-15-7-5-4-6-14(15)11-21-18(25)17-10-16-19(27-17)22-20-24(16)8-9-26-20/h4-10,13H,11-12H2,1-3H3,(H,21,25). The number of rotatable bonds is 6. The van der Waals surface area contributed by atoms with E-state index < -0.39 is 0 Å². The molecule has 3 heterocycles. The number of thiazole rings is 1. The zero-order valence-electron chi connectivity index (χ0n) is 15.6. The fourth-order valence-electron chi connectivity index (χ4n) is 2.96. The van der Waals surface area contributed by atoms with E-state index in [0.717, 1.165) is 27.4 Å². The molecular weight excluding hydrogens is 376 g/mol. The van der Waals surface area contributed by atoms with Crippen molar-refractivity contribution in [3.63, 3.8) is 0 Å². The maximum Gasteiger partial charge on any atom is 0.261 e. The van der Waals surface area contributed by atoms with E-state index in [1.165, 1.54) is 16.9 Å². The molecule has 0 unspecified atom stereocenters. The van der Waals surface area contributed by atoms with Crippen LogP contribution in [0, 0.1) is 0 Å². The molecule has 0 atom stereocenters. The van der Waals surface area contributed by atoms with Crippen molar-refractivity contribution in [1.29, 1.82) is 0 Å². The molecule has 0 aliphatic carbocycles. The highest BCUT2D eigenvalue weighted by Gasteiger charge is 2.15. The number of aromatic nitrogens is 2. The van der Waals surface area contributed by atoms with E-state index in [2.05, 4.69) is 54.3 Å². The molecule has 27 heavy (non-hydrogen) atoms. The van der Waals surface area contributed by atoms with Gasteiger partial charge in [0.1, 0.15) is 4.83 Å². The molecule has 7 heteroatoms. The second kappa shape index (κ2) is 7.42. The third kappa shape index (κ3) is 3.63. The second-order valence-corrected chi connectivity index (χ2v) is 8.83. The van der Waals surface area contributed by atoms with Crippen LogP contribution < -0.4 is 5.32 Å². The Labute approximate surface area is 166 Å². The Kier molecular flexibility index (Phi) is 4.99. The Balaban J connectivity index is 1.48. The summed E-state index contributed by atoms with van der Waals surface area (Å²) in [4.78, 5) is 22.1. The van der Waals surface area contributed by atoms with E-state index in [-0.39, 0.29) is 5.91 Å². The molecule has 1 amide bonds. The van der Waals surface area contributed by atoms with Gasteiger partial charge in [-0.1, -0.05) is 24.3 Å². The summed E-state index contributed by atoms with van der Waals surface area (Å²) in [5.41, 5.74) is 3.40. The highest BCUT2D eigenvalue weighted by atomic mass is 32.1. The maximum atomic E-state index is 12.7. The number of imidazole rings is 1. The number of hydrogen-bond donors (Lipinski definition) is 1. The van der Waals surface area contributed by atoms with Crippen LogP contribution in [0.25, 0.3) is 15.3 Å². The number of amides is 1. The van der Waals surface area contributed by atoms with Crippen molar-refractivity contribution in [2.24, 2.45) is 0 Å². The van der Waals surface area contributed by atoms with Gasteiger partial charge < -0.3 is 5.32 Å². The van der Waals surface area contributed by atoms with E-state index in [9.17, 15) is 4.79 Å². The van der Waals surface area contributed by atoms with Gasteiger partial charge in [-0.25, -0.2) is 4.98 Å². The number of nitrogens with zero attached hydrogens (tertiary/aromatic N) is 3. The minimum absolute atomic E-state index is 0.0472. The van der Waals surface area contributed by atoms with E-state index in [1.807, 2.05) is 28.1 Å². The number of carbonyl (C=O) groups is 1. The van der Waals surface area contributed by atoms with Crippen molar-refractivity contribution in [1.82, 2.24) is 19.6 Å². The Bertz CT molecular complexity index is 1090. The van der Waals surface area contributed by atoms with Gasteiger partial charge in [0.15, 0.2) is 4.96 Å². The number of hydrogen-bond acceptors (Lipinski definition) is 5. The maximum absolute atomic E-state index is 12.7. The predicted molar refractivity (Wildman–Crippen MR) is 113 cm³/mol. The second-order valence-electron chi connectivity index (χ2n) is 6.93. The van der Waals surface area contributed by atoms with E-state index in [1.54, 1.807) is 11.3 Å². The highest BCUT2D eigenvalue weighted by Crippen LogP contribution is 2.28. The topological polar surface area (TPSA) is 49.6 Å². The molecule has 0 bridgehead atoms. The van der Waals surface area contributed by atoms with Crippen LogP contribution in [0.2, 0.25) is 0 Å². The quantitative estimate of drug-likeness (QED) is 0.524. The molecule has 5 nitrogen and oxygen atoms in total. The fourth-order valence-corrected chi connectivity index (χ4v) is 4.67. The molecule has 0 spiro atoms. The van der Waals surface area contributed by atoms with Gasteiger partial charge in [-0.15, -0.1) is 22.7 Å². The Hall–Kier alpha value is -2.22. The zero-order chi connectivity index (χ0) is 19.0. The van der Waals surface area contributed by atoms with Crippen LogP contribution in [0.5, 0.6) is 0 Å². The normalized spacial score (nSPS) is 11.9. The molecule has 0 saturated heterocycles. The smallest absolute Gasteiger partial charge is 0.261 e. The average molecular weight is 399 g/mol. The van der Waals surface area contributed by atoms with Crippen LogP contribution in [0.3, 0.4) is 0 Å². The van der Waals surface area contributed by atoms with Crippen molar-refractivity contribution in [2.75, 3.05) is 7.05 Å². The summed E-state index contributed by atoms with van der Waals surface area (Å²) in [6, 6.07) is 10.7. The summed E-state index contributed by atoms with van der Waals surface area (Å²) < 4.78 is 2.03. The van der Waals surface area contributed by atoms with Crippen molar-refractivity contribution in [3.05, 3.63) is 57.9 Å². The van der Waals surface area contributed by atoms with Gasteiger partial charge in [0.05, 0.1) is 10.4 Å². The number of fused-ring (bicyclic) bond motifs is 3. The molecule has 4 aromatic rings. The first-order valence-corrected chi connectivity index (χ1v) is 10.6. The molecule has 0 saturated carbocycles. The molecule has 0 aliphatic rings. The lowest BCUT2D eigenvalue weighted by atomic mass is 10.1. The van der Waals surface area contributed by atoms with Gasteiger partial charge in [0.2, 0.25) is 0 Å². The Morgan fingerprint density at radius 1 is 1.30 bits per heavy atom. The first-order chi connectivity index (χ1) is 13.0. The summed E-state index contributed by atoms with van der Waals surface area (Å²) in [5.74, 6) is -0.0472. The third-order valence-electron chi connectivity index (χ3n) is 4.82. The predicted octanol–water partition coefficient (Wildman–Crippen LogP) is 4.38. The molecular formula is C20H22N4OS2. The number of carbonyl (C=O) groups excluding carboxylic acids is 1. The minimum atomic E-state index is -0.0472. The van der Waals surface area contributed by atoms with E-state index in [4.69, 9.17) is 0 Å². The lowest BCUT2D eigenvalue weighted by Gasteiger charge is -2.22. The molecule has 3 aromatic heterocycles. The number of nitrogens with one attached hydrogen (secondary N) is 1. The lowest BCUT2D eigenvalue weighted by Crippen LogP contribution is -2.27. The van der Waals surface area contributed by atoms with Gasteiger partial charge in [-0.3, -0.25) is 14.1 Å². The van der Waals surface area contributed by atoms with Gasteiger partial charge >= 0.3 is 0 Å². The lowest BCUT2D eigenvalue weighted by molar-refractivity contribution is 0.0955. The summed E-state index contributed by atoms with van der Waals surface area (Å²) in [6.45, 7) is 5.76. The van der Waals surface area contributed by atoms with Crippen molar-refractivity contribution >= 4 is 43.9 Å². The fraction of sp³-hybridized carbons (Fsp3) is 0.300. The van der Waals surface area contributed by atoms with Gasteiger partial charge in [-0.2, -0.15) is 0 Å². The molecule has 0 radical (unpaired) electrons. The molecule has 0 aliphatic heterocycles. The Morgan fingerprint density at radius 3 is 2.85 bits per heavy atom. The summed E-state index contributed by atoms with van der Waals surface area (Å²) in [6.07, 6.45) is 1.99. The molecule has 1 aromatic carbocycles. The van der Waals surface area contributed by atoms with Crippen LogP contribution >= 0.6 is 22.7 Å².